The van der Waals surface area contributed by atoms with E-state index in [1.165, 1.54) is 33.0 Å². The molecule has 112 valence electrons. The minimum Gasteiger partial charge on any atom is -0.324 e. The van der Waals surface area contributed by atoms with Gasteiger partial charge >= 0.3 is 0 Å². The monoisotopic (exact) mass is 289 g/mol. The first-order chi connectivity index (χ1) is 10.7. The summed E-state index contributed by atoms with van der Waals surface area (Å²) in [5.41, 5.74) is 11.3. The van der Waals surface area contributed by atoms with E-state index in [1.54, 1.807) is 0 Å². The van der Waals surface area contributed by atoms with Crippen molar-refractivity contribution in [3.63, 3.8) is 0 Å². The van der Waals surface area contributed by atoms with Crippen LogP contribution < -0.4 is 5.73 Å². The van der Waals surface area contributed by atoms with Crippen molar-refractivity contribution in [3.8, 4) is 11.1 Å². The fraction of sp³-hybridized carbons (Fsp3) is 0.238. The summed E-state index contributed by atoms with van der Waals surface area (Å²) in [7, 11) is 0. The molecule has 22 heavy (non-hydrogen) atoms. The van der Waals surface area contributed by atoms with Crippen molar-refractivity contribution in [3.05, 3.63) is 71.8 Å². The van der Waals surface area contributed by atoms with Gasteiger partial charge in [-0.05, 0) is 45.9 Å². The molecule has 0 radical (unpaired) electrons. The molecule has 0 saturated carbocycles. The Labute approximate surface area is 132 Å². The molecule has 0 spiro atoms. The van der Waals surface area contributed by atoms with E-state index in [9.17, 15) is 0 Å². The van der Waals surface area contributed by atoms with Crippen LogP contribution in [0.2, 0.25) is 0 Å². The Bertz CT molecular complexity index is 772. The lowest BCUT2D eigenvalue weighted by Gasteiger charge is -2.13. The number of fused-ring (bicyclic) bond motifs is 1. The summed E-state index contributed by atoms with van der Waals surface area (Å²) >= 11 is 0. The first kappa shape index (κ1) is 14.8. The van der Waals surface area contributed by atoms with Crippen LogP contribution in [0.25, 0.3) is 21.9 Å². The minimum absolute atomic E-state index is 0.133. The largest absolute Gasteiger partial charge is 0.324 e. The van der Waals surface area contributed by atoms with Crippen molar-refractivity contribution < 1.29 is 0 Å². The summed E-state index contributed by atoms with van der Waals surface area (Å²) in [6.45, 7) is 4.33. The SMILES string of the molecule is CCc1ccc(-c2ccc(C(N)CC)cc2)c2ccccc12. The molecule has 0 aliphatic rings. The van der Waals surface area contributed by atoms with Crippen LogP contribution in [0.4, 0.5) is 0 Å². The minimum atomic E-state index is 0.133. The van der Waals surface area contributed by atoms with E-state index in [4.69, 9.17) is 5.73 Å². The lowest BCUT2D eigenvalue weighted by molar-refractivity contribution is 0.699. The summed E-state index contributed by atoms with van der Waals surface area (Å²) in [5.74, 6) is 0. The van der Waals surface area contributed by atoms with Crippen LogP contribution in [0.5, 0.6) is 0 Å². The first-order valence-electron chi connectivity index (χ1n) is 8.11. The van der Waals surface area contributed by atoms with Crippen LogP contribution in [0.15, 0.2) is 60.7 Å². The smallest absolute Gasteiger partial charge is 0.0292 e. The Morgan fingerprint density at radius 1 is 0.818 bits per heavy atom. The van der Waals surface area contributed by atoms with Crippen LogP contribution in [0.1, 0.15) is 37.4 Å². The second-order valence-electron chi connectivity index (χ2n) is 5.81. The van der Waals surface area contributed by atoms with Crippen molar-refractivity contribution in [2.45, 2.75) is 32.7 Å². The third-order valence-electron chi connectivity index (χ3n) is 4.48. The standard InChI is InChI=1S/C21H23N/c1-3-15-13-14-19(20-8-6-5-7-18(15)20)16-9-11-17(12-10-16)21(22)4-2/h5-14,21H,3-4,22H2,1-2H3. The first-order valence-corrected chi connectivity index (χ1v) is 8.11. The lowest BCUT2D eigenvalue weighted by Crippen LogP contribution is -2.08. The number of nitrogens with two attached hydrogens (primary N) is 1. The molecule has 0 bridgehead atoms. The van der Waals surface area contributed by atoms with Crippen molar-refractivity contribution >= 4 is 10.8 Å². The number of benzene rings is 3. The van der Waals surface area contributed by atoms with Gasteiger partial charge in [-0.15, -0.1) is 0 Å². The molecule has 1 nitrogen and oxygen atoms in total. The summed E-state index contributed by atoms with van der Waals surface area (Å²) in [4.78, 5) is 0. The van der Waals surface area contributed by atoms with Gasteiger partial charge in [0.05, 0.1) is 0 Å². The van der Waals surface area contributed by atoms with Gasteiger partial charge in [0, 0.05) is 6.04 Å². The van der Waals surface area contributed by atoms with E-state index in [-0.39, 0.29) is 6.04 Å². The third-order valence-corrected chi connectivity index (χ3v) is 4.48. The number of hydrogen-bond donors (Lipinski definition) is 1. The van der Waals surface area contributed by atoms with Crippen LogP contribution in [0, 0.1) is 0 Å². The van der Waals surface area contributed by atoms with E-state index in [0.717, 1.165) is 12.8 Å². The molecule has 2 N–H and O–H groups in total. The summed E-state index contributed by atoms with van der Waals surface area (Å²) < 4.78 is 0. The molecule has 3 aromatic carbocycles. The fourth-order valence-electron chi connectivity index (χ4n) is 3.07. The quantitative estimate of drug-likeness (QED) is 0.676. The number of aryl methyl sites for hydroxylation is 1. The van der Waals surface area contributed by atoms with Gasteiger partial charge in [-0.3, -0.25) is 0 Å². The fourth-order valence-corrected chi connectivity index (χ4v) is 3.07. The second-order valence-corrected chi connectivity index (χ2v) is 5.81. The molecule has 0 amide bonds. The summed E-state index contributed by atoms with van der Waals surface area (Å²) in [6, 6.07) is 22.0. The van der Waals surface area contributed by atoms with Crippen LogP contribution in [-0.4, -0.2) is 0 Å². The molecule has 3 rings (SSSR count). The highest BCUT2D eigenvalue weighted by atomic mass is 14.6. The Balaban J connectivity index is 2.10. The second kappa shape index (κ2) is 6.33. The third kappa shape index (κ3) is 2.65. The van der Waals surface area contributed by atoms with Gasteiger partial charge < -0.3 is 5.73 Å². The zero-order valence-corrected chi connectivity index (χ0v) is 13.3. The molecular formula is C21H23N. The van der Waals surface area contributed by atoms with Gasteiger partial charge in [-0.2, -0.15) is 0 Å². The normalized spacial score (nSPS) is 12.5. The molecule has 0 fully saturated rings. The molecule has 0 heterocycles. The highest BCUT2D eigenvalue weighted by molar-refractivity contribution is 5.98. The van der Waals surface area contributed by atoms with Gasteiger partial charge in [0.1, 0.15) is 0 Å². The van der Waals surface area contributed by atoms with Crippen LogP contribution in [0.3, 0.4) is 0 Å². The van der Waals surface area contributed by atoms with Gasteiger partial charge in [-0.1, -0.05) is 74.5 Å². The topological polar surface area (TPSA) is 26.0 Å². The molecule has 1 unspecified atom stereocenters. The summed E-state index contributed by atoms with van der Waals surface area (Å²) in [5, 5.41) is 2.69. The van der Waals surface area contributed by atoms with E-state index in [0.29, 0.717) is 0 Å². The Hall–Kier alpha value is -2.12. The summed E-state index contributed by atoms with van der Waals surface area (Å²) in [6.07, 6.45) is 2.03. The highest BCUT2D eigenvalue weighted by Gasteiger charge is 2.08. The maximum absolute atomic E-state index is 6.11. The predicted molar refractivity (Wildman–Crippen MR) is 96.0 cm³/mol. The zero-order chi connectivity index (χ0) is 15.5. The zero-order valence-electron chi connectivity index (χ0n) is 13.3. The van der Waals surface area contributed by atoms with E-state index >= 15 is 0 Å². The van der Waals surface area contributed by atoms with Gasteiger partial charge in [0.25, 0.3) is 0 Å². The highest BCUT2D eigenvalue weighted by Crippen LogP contribution is 2.31. The maximum Gasteiger partial charge on any atom is 0.0292 e. The van der Waals surface area contributed by atoms with E-state index in [1.807, 2.05) is 0 Å². The van der Waals surface area contributed by atoms with Crippen molar-refractivity contribution in [1.29, 1.82) is 0 Å². The van der Waals surface area contributed by atoms with Gasteiger partial charge in [-0.25, -0.2) is 0 Å². The molecule has 0 saturated heterocycles. The molecule has 0 aliphatic carbocycles. The van der Waals surface area contributed by atoms with E-state index in [2.05, 4.69) is 74.5 Å². The average molecular weight is 289 g/mol. The molecule has 3 aromatic rings. The molecule has 1 heteroatoms. The average Bonchev–Trinajstić information content (AvgIpc) is 2.60. The lowest BCUT2D eigenvalue weighted by atomic mass is 9.93. The van der Waals surface area contributed by atoms with Crippen molar-refractivity contribution in [2.24, 2.45) is 5.73 Å². The van der Waals surface area contributed by atoms with Gasteiger partial charge in [0.2, 0.25) is 0 Å². The van der Waals surface area contributed by atoms with Crippen molar-refractivity contribution in [2.75, 3.05) is 0 Å². The van der Waals surface area contributed by atoms with Gasteiger partial charge in [0.15, 0.2) is 0 Å². The molecule has 1 atom stereocenters. The predicted octanol–water partition coefficient (Wildman–Crippen LogP) is 5.48. The van der Waals surface area contributed by atoms with Crippen LogP contribution >= 0.6 is 0 Å². The van der Waals surface area contributed by atoms with E-state index < -0.39 is 0 Å². The van der Waals surface area contributed by atoms with Crippen LogP contribution in [-0.2, 0) is 6.42 Å². The molecule has 0 aliphatic heterocycles. The van der Waals surface area contributed by atoms with Crippen molar-refractivity contribution in [1.82, 2.24) is 0 Å². The maximum atomic E-state index is 6.11. The number of rotatable bonds is 4. The molecule has 0 aromatic heterocycles. The Morgan fingerprint density at radius 3 is 2.14 bits per heavy atom. The molecular weight excluding hydrogens is 266 g/mol. The Morgan fingerprint density at radius 2 is 1.50 bits per heavy atom. The Kier molecular flexibility index (Phi) is 4.26. The number of hydrogen-bond acceptors (Lipinski definition) is 1.